The number of hydrogen-bond acceptors (Lipinski definition) is 0. The van der Waals surface area contributed by atoms with Crippen LogP contribution in [0.5, 0.6) is 0 Å². The molecular formula is C46H36. The minimum absolute atomic E-state index is 0.515. The van der Waals surface area contributed by atoms with Crippen LogP contribution in [0.1, 0.15) is 36.0 Å². The third-order valence-electron chi connectivity index (χ3n) is 9.83. The van der Waals surface area contributed by atoms with Crippen molar-refractivity contribution in [2.45, 2.75) is 26.2 Å². The van der Waals surface area contributed by atoms with Gasteiger partial charge in [-0.25, -0.2) is 0 Å². The summed E-state index contributed by atoms with van der Waals surface area (Å²) in [4.78, 5) is 0. The van der Waals surface area contributed by atoms with Crippen LogP contribution in [0.2, 0.25) is 0 Å². The molecule has 0 nitrogen and oxygen atoms in total. The molecule has 8 aromatic rings. The summed E-state index contributed by atoms with van der Waals surface area (Å²) in [6.07, 6.45) is 1.14. The van der Waals surface area contributed by atoms with Crippen LogP contribution in [0.25, 0.3) is 65.7 Å². The summed E-state index contributed by atoms with van der Waals surface area (Å²) in [6.45, 7) is 4.51. The number of fused-ring (bicyclic) bond motifs is 6. The molecule has 1 unspecified atom stereocenters. The minimum atomic E-state index is 0.515. The summed E-state index contributed by atoms with van der Waals surface area (Å²) >= 11 is 0. The number of benzene rings is 8. The topological polar surface area (TPSA) is 0 Å². The maximum atomic E-state index is 2.42. The SMILES string of the molecule is CCC1c2ccccc2-c2ccc(-c3cccc4ccccc34)cc21.Cc1c2ccccc2c(-c2ccccc2)c2ccccc12. The highest BCUT2D eigenvalue weighted by molar-refractivity contribution is 6.14. The molecule has 0 bridgehead atoms. The highest BCUT2D eigenvalue weighted by Crippen LogP contribution is 2.47. The largest absolute Gasteiger partial charge is 0.0645 e. The molecule has 0 amide bonds. The summed E-state index contributed by atoms with van der Waals surface area (Å²) in [7, 11) is 0. The predicted molar refractivity (Wildman–Crippen MR) is 199 cm³/mol. The first-order valence-electron chi connectivity index (χ1n) is 16.4. The Balaban J connectivity index is 0.000000138. The van der Waals surface area contributed by atoms with E-state index in [4.69, 9.17) is 0 Å². The number of rotatable bonds is 3. The van der Waals surface area contributed by atoms with Gasteiger partial charge < -0.3 is 0 Å². The Morgan fingerprint density at radius 3 is 1.67 bits per heavy atom. The zero-order valence-corrected chi connectivity index (χ0v) is 26.4. The third-order valence-corrected chi connectivity index (χ3v) is 9.83. The Bertz CT molecular complexity index is 2300. The monoisotopic (exact) mass is 588 g/mol. The Kier molecular flexibility index (Phi) is 7.20. The Morgan fingerprint density at radius 1 is 0.413 bits per heavy atom. The molecule has 9 rings (SSSR count). The lowest BCUT2D eigenvalue weighted by atomic mass is 9.89. The Labute approximate surface area is 271 Å². The quantitative estimate of drug-likeness (QED) is 0.180. The van der Waals surface area contributed by atoms with Crippen molar-refractivity contribution >= 4 is 32.3 Å². The average Bonchev–Trinajstić information content (AvgIpc) is 3.45. The molecule has 0 spiro atoms. The fraction of sp³-hybridized carbons (Fsp3) is 0.0870. The van der Waals surface area contributed by atoms with Gasteiger partial charge >= 0.3 is 0 Å². The van der Waals surface area contributed by atoms with Crippen molar-refractivity contribution in [3.05, 3.63) is 180 Å². The summed E-state index contributed by atoms with van der Waals surface area (Å²) in [5, 5.41) is 7.98. The number of aryl methyl sites for hydroxylation is 1. The Morgan fingerprint density at radius 2 is 0.957 bits per heavy atom. The van der Waals surface area contributed by atoms with E-state index in [1.54, 1.807) is 0 Å². The lowest BCUT2D eigenvalue weighted by molar-refractivity contribution is 0.797. The van der Waals surface area contributed by atoms with Crippen molar-refractivity contribution in [2.24, 2.45) is 0 Å². The molecule has 0 heterocycles. The highest BCUT2D eigenvalue weighted by atomic mass is 14.3. The first-order chi connectivity index (χ1) is 22.7. The normalized spacial score (nSPS) is 13.3. The van der Waals surface area contributed by atoms with Crippen LogP contribution in [0.4, 0.5) is 0 Å². The molecule has 0 radical (unpaired) electrons. The van der Waals surface area contributed by atoms with Crippen LogP contribution in [0.3, 0.4) is 0 Å². The van der Waals surface area contributed by atoms with Gasteiger partial charge in [0, 0.05) is 5.92 Å². The van der Waals surface area contributed by atoms with Crippen molar-refractivity contribution in [1.29, 1.82) is 0 Å². The highest BCUT2D eigenvalue weighted by Gasteiger charge is 2.27. The van der Waals surface area contributed by atoms with Gasteiger partial charge in [-0.15, -0.1) is 0 Å². The molecule has 220 valence electrons. The molecule has 0 heteroatoms. The molecule has 0 saturated heterocycles. The van der Waals surface area contributed by atoms with Crippen LogP contribution in [-0.4, -0.2) is 0 Å². The van der Waals surface area contributed by atoms with Gasteiger partial charge in [0.15, 0.2) is 0 Å². The van der Waals surface area contributed by atoms with E-state index >= 15 is 0 Å². The van der Waals surface area contributed by atoms with E-state index in [1.807, 2.05) is 0 Å². The second-order valence-corrected chi connectivity index (χ2v) is 12.3. The maximum Gasteiger partial charge on any atom is 0.00992 e. The van der Waals surface area contributed by atoms with Crippen LogP contribution in [0.15, 0.2) is 164 Å². The second-order valence-electron chi connectivity index (χ2n) is 12.3. The lowest BCUT2D eigenvalue weighted by Crippen LogP contribution is -1.94. The van der Waals surface area contributed by atoms with Crippen molar-refractivity contribution in [1.82, 2.24) is 0 Å². The molecule has 0 aromatic heterocycles. The first-order valence-corrected chi connectivity index (χ1v) is 16.4. The van der Waals surface area contributed by atoms with Crippen molar-refractivity contribution < 1.29 is 0 Å². The van der Waals surface area contributed by atoms with Gasteiger partial charge in [0.05, 0.1) is 0 Å². The standard InChI is InChI=1S/C25H20.C21H16/c1-2-19-22-11-5-6-12-23(22)24-15-14-18(16-25(19)24)21-13-7-9-17-8-3-4-10-20(17)21;1-15-17-11-5-7-13-19(17)21(16-9-3-2-4-10-16)20-14-8-6-12-18(15)20/h3-16,19H,2H2,1H3;2-14H,1H3. The molecule has 0 aliphatic heterocycles. The fourth-order valence-corrected chi connectivity index (χ4v) is 7.66. The van der Waals surface area contributed by atoms with E-state index in [0.29, 0.717) is 5.92 Å². The van der Waals surface area contributed by atoms with E-state index in [-0.39, 0.29) is 0 Å². The molecule has 1 aliphatic carbocycles. The van der Waals surface area contributed by atoms with Gasteiger partial charge in [0.25, 0.3) is 0 Å². The van der Waals surface area contributed by atoms with Gasteiger partial charge in [-0.3, -0.25) is 0 Å². The average molecular weight is 589 g/mol. The lowest BCUT2D eigenvalue weighted by Gasteiger charge is -2.15. The van der Waals surface area contributed by atoms with E-state index in [2.05, 4.69) is 178 Å². The van der Waals surface area contributed by atoms with E-state index in [0.717, 1.165) is 6.42 Å². The smallest absolute Gasteiger partial charge is 0.00992 e. The molecule has 1 aliphatic rings. The summed E-state index contributed by atoms with van der Waals surface area (Å²) in [5.74, 6) is 0.515. The predicted octanol–water partition coefficient (Wildman–Crippen LogP) is 13.0. The van der Waals surface area contributed by atoms with Crippen LogP contribution >= 0.6 is 0 Å². The molecule has 8 aromatic carbocycles. The molecule has 46 heavy (non-hydrogen) atoms. The third kappa shape index (κ3) is 4.70. The van der Waals surface area contributed by atoms with E-state index in [9.17, 15) is 0 Å². The molecule has 0 N–H and O–H groups in total. The molecule has 0 saturated carbocycles. The zero-order chi connectivity index (χ0) is 31.0. The van der Waals surface area contributed by atoms with Gasteiger partial charge in [0.2, 0.25) is 0 Å². The van der Waals surface area contributed by atoms with Gasteiger partial charge in [-0.2, -0.15) is 0 Å². The minimum Gasteiger partial charge on any atom is -0.0645 e. The van der Waals surface area contributed by atoms with E-state index < -0.39 is 0 Å². The molecule has 1 atom stereocenters. The van der Waals surface area contributed by atoms with Crippen LogP contribution in [-0.2, 0) is 0 Å². The van der Waals surface area contributed by atoms with Crippen molar-refractivity contribution in [3.8, 4) is 33.4 Å². The van der Waals surface area contributed by atoms with Crippen LogP contribution in [0, 0.1) is 6.92 Å². The van der Waals surface area contributed by atoms with Gasteiger partial charge in [0.1, 0.15) is 0 Å². The summed E-state index contributed by atoms with van der Waals surface area (Å²) in [5.41, 5.74) is 12.4. The maximum absolute atomic E-state index is 2.42. The van der Waals surface area contributed by atoms with Crippen molar-refractivity contribution in [3.63, 3.8) is 0 Å². The molecular weight excluding hydrogens is 553 g/mol. The summed E-state index contributed by atoms with van der Waals surface area (Å²) < 4.78 is 0. The van der Waals surface area contributed by atoms with Gasteiger partial charge in [-0.05, 0) is 102 Å². The van der Waals surface area contributed by atoms with Crippen molar-refractivity contribution in [2.75, 3.05) is 0 Å². The fourth-order valence-electron chi connectivity index (χ4n) is 7.66. The first kappa shape index (κ1) is 28.0. The number of hydrogen-bond donors (Lipinski definition) is 0. The zero-order valence-electron chi connectivity index (χ0n) is 26.4. The van der Waals surface area contributed by atoms with Crippen LogP contribution < -0.4 is 0 Å². The Hall–Kier alpha value is -5.46. The molecule has 0 fully saturated rings. The summed E-state index contributed by atoms with van der Waals surface area (Å²) in [6, 6.07) is 59.3. The second kappa shape index (κ2) is 11.8. The van der Waals surface area contributed by atoms with Gasteiger partial charge in [-0.1, -0.05) is 165 Å². The van der Waals surface area contributed by atoms with E-state index in [1.165, 1.54) is 82.4 Å².